The zero-order valence-electron chi connectivity index (χ0n) is 18.0. The molecule has 0 aliphatic carbocycles. The van der Waals surface area contributed by atoms with E-state index in [1.165, 1.54) is 0 Å². The number of carbonyl (C=O) groups excluding carboxylic acids is 2. The molecule has 2 bridgehead atoms. The van der Waals surface area contributed by atoms with Gasteiger partial charge in [0, 0.05) is 24.4 Å². The van der Waals surface area contributed by atoms with Crippen LogP contribution in [0, 0.1) is 5.82 Å². The van der Waals surface area contributed by atoms with E-state index >= 15 is 0 Å². The summed E-state index contributed by atoms with van der Waals surface area (Å²) >= 11 is 1.10. The van der Waals surface area contributed by atoms with Gasteiger partial charge in [0.15, 0.2) is 0 Å². The van der Waals surface area contributed by atoms with Crippen LogP contribution in [0.25, 0.3) is 0 Å². The molecule has 2 saturated heterocycles. The second-order valence-electron chi connectivity index (χ2n) is 8.64. The zero-order chi connectivity index (χ0) is 24.0. The lowest BCUT2D eigenvalue weighted by Crippen LogP contribution is -2.33. The number of rotatable bonds is 5. The van der Waals surface area contributed by atoms with Crippen molar-refractivity contribution in [3.05, 3.63) is 51.1 Å². The van der Waals surface area contributed by atoms with Crippen molar-refractivity contribution in [3.63, 3.8) is 0 Å². The van der Waals surface area contributed by atoms with Gasteiger partial charge in [-0.2, -0.15) is 13.2 Å². The molecule has 182 valence electrons. The summed E-state index contributed by atoms with van der Waals surface area (Å²) in [5, 5.41) is 5.31. The highest BCUT2D eigenvalue weighted by molar-refractivity contribution is 7.17. The zero-order valence-corrected chi connectivity index (χ0v) is 18.8. The van der Waals surface area contributed by atoms with Crippen molar-refractivity contribution in [2.24, 2.45) is 0 Å². The minimum atomic E-state index is -4.92. The smallest absolute Gasteiger partial charge is 0.376 e. The molecule has 2 N–H and O–H groups in total. The van der Waals surface area contributed by atoms with Gasteiger partial charge >= 0.3 is 6.18 Å². The van der Waals surface area contributed by atoms with Crippen molar-refractivity contribution < 1.29 is 36.6 Å². The van der Waals surface area contributed by atoms with Gasteiger partial charge in [0.05, 0.1) is 35.0 Å². The SMILES string of the molecule is O=C(Nc1sc2c(c1C(=O)NC[C@H]1CCCO1)CC1CCC2O1)c1c(F)cccc1C(F)(F)F. The van der Waals surface area contributed by atoms with E-state index in [9.17, 15) is 27.2 Å². The standard InChI is InChI=1S/C23H22F4N2O4S/c24-15-5-1-4-14(23(25,26)27)18(15)21(31)29-22-17(20(30)28-10-12-3-2-8-32-12)13-9-11-6-7-16(33-11)19(13)34-22/h1,4-5,11-12,16H,2-3,6-10H2,(H,28,30)(H,29,31)/t11?,12-,16?/m1/s1. The highest BCUT2D eigenvalue weighted by atomic mass is 32.1. The van der Waals surface area contributed by atoms with Crippen molar-refractivity contribution >= 4 is 28.2 Å². The van der Waals surface area contributed by atoms with Crippen LogP contribution < -0.4 is 10.6 Å². The average molecular weight is 498 g/mol. The number of alkyl halides is 3. The predicted octanol–water partition coefficient (Wildman–Crippen LogP) is 4.84. The van der Waals surface area contributed by atoms with Gasteiger partial charge in [-0.25, -0.2) is 4.39 Å². The first kappa shape index (κ1) is 23.3. The third kappa shape index (κ3) is 4.32. The highest BCUT2D eigenvalue weighted by Crippen LogP contribution is 2.49. The van der Waals surface area contributed by atoms with E-state index in [1.54, 1.807) is 0 Å². The molecule has 0 saturated carbocycles. The number of fused-ring (bicyclic) bond motifs is 4. The van der Waals surface area contributed by atoms with Crippen molar-refractivity contribution in [2.75, 3.05) is 18.5 Å². The maximum atomic E-state index is 14.4. The van der Waals surface area contributed by atoms with Gasteiger partial charge in [0.25, 0.3) is 11.8 Å². The second-order valence-corrected chi connectivity index (χ2v) is 9.69. The largest absolute Gasteiger partial charge is 0.417 e. The Morgan fingerprint density at radius 3 is 2.68 bits per heavy atom. The molecule has 11 heteroatoms. The molecule has 2 unspecified atom stereocenters. The van der Waals surface area contributed by atoms with Crippen LogP contribution in [0.5, 0.6) is 0 Å². The topological polar surface area (TPSA) is 76.7 Å². The van der Waals surface area contributed by atoms with Crippen LogP contribution >= 0.6 is 11.3 Å². The number of amides is 2. The Hall–Kier alpha value is -2.50. The first-order chi connectivity index (χ1) is 16.2. The first-order valence-corrected chi connectivity index (χ1v) is 11.9. The fourth-order valence-corrected chi connectivity index (χ4v) is 6.10. The monoisotopic (exact) mass is 498 g/mol. The minimum Gasteiger partial charge on any atom is -0.376 e. The Bertz CT molecular complexity index is 1130. The van der Waals surface area contributed by atoms with E-state index in [0.29, 0.717) is 19.1 Å². The molecule has 3 aliphatic rings. The van der Waals surface area contributed by atoms with Crippen molar-refractivity contribution in [1.29, 1.82) is 0 Å². The van der Waals surface area contributed by atoms with Gasteiger partial charge in [-0.3, -0.25) is 9.59 Å². The Kier molecular flexibility index (Phi) is 6.11. The van der Waals surface area contributed by atoms with Crippen molar-refractivity contribution in [2.45, 2.75) is 56.6 Å². The number of halogens is 4. The normalized spacial score (nSPS) is 23.6. The minimum absolute atomic E-state index is 0.0521. The molecule has 3 aliphatic heterocycles. The number of hydrogen-bond donors (Lipinski definition) is 2. The average Bonchev–Trinajstić information content (AvgIpc) is 3.51. The van der Waals surface area contributed by atoms with E-state index in [2.05, 4.69) is 10.6 Å². The highest BCUT2D eigenvalue weighted by Gasteiger charge is 2.41. The van der Waals surface area contributed by atoms with Crippen LogP contribution in [0.4, 0.5) is 22.6 Å². The molecule has 1 aromatic carbocycles. The number of hydrogen-bond acceptors (Lipinski definition) is 5. The predicted molar refractivity (Wildman–Crippen MR) is 116 cm³/mol. The molecule has 4 heterocycles. The van der Waals surface area contributed by atoms with Gasteiger partial charge in [0.2, 0.25) is 0 Å². The van der Waals surface area contributed by atoms with Gasteiger partial charge in [-0.05, 0) is 43.4 Å². The number of carbonyl (C=O) groups is 2. The van der Waals surface area contributed by atoms with Crippen molar-refractivity contribution in [3.8, 4) is 0 Å². The molecule has 5 rings (SSSR count). The molecule has 3 atom stereocenters. The lowest BCUT2D eigenvalue weighted by atomic mass is 10.0. The molecule has 0 radical (unpaired) electrons. The van der Waals surface area contributed by atoms with Gasteiger partial charge in [0.1, 0.15) is 10.8 Å². The Morgan fingerprint density at radius 1 is 1.12 bits per heavy atom. The third-order valence-electron chi connectivity index (χ3n) is 6.38. The quantitative estimate of drug-likeness (QED) is 0.579. The number of benzene rings is 1. The van der Waals surface area contributed by atoms with Crippen LogP contribution in [0.1, 0.15) is 68.5 Å². The van der Waals surface area contributed by atoms with Gasteiger partial charge in [-0.1, -0.05) is 6.07 Å². The molecule has 2 aromatic rings. The summed E-state index contributed by atoms with van der Waals surface area (Å²) in [5.41, 5.74) is -1.55. The van der Waals surface area contributed by atoms with Crippen molar-refractivity contribution in [1.82, 2.24) is 5.32 Å². The fraction of sp³-hybridized carbons (Fsp3) is 0.478. The van der Waals surface area contributed by atoms with E-state index in [-0.39, 0.29) is 35.4 Å². The first-order valence-electron chi connectivity index (χ1n) is 11.1. The van der Waals surface area contributed by atoms with Crippen LogP contribution in [-0.4, -0.2) is 37.2 Å². The molecular weight excluding hydrogens is 476 g/mol. The Balaban J connectivity index is 1.48. The summed E-state index contributed by atoms with van der Waals surface area (Å²) in [6.45, 7) is 0.909. The van der Waals surface area contributed by atoms with Gasteiger partial charge < -0.3 is 20.1 Å². The molecular formula is C23H22F4N2O4S. The maximum Gasteiger partial charge on any atom is 0.417 e. The summed E-state index contributed by atoms with van der Waals surface area (Å²) in [6, 6.07) is 2.35. The molecule has 0 spiro atoms. The number of ether oxygens (including phenoxy) is 2. The van der Waals surface area contributed by atoms with E-state index in [4.69, 9.17) is 9.47 Å². The van der Waals surface area contributed by atoms with Crippen LogP contribution in [-0.2, 0) is 22.1 Å². The van der Waals surface area contributed by atoms with E-state index in [0.717, 1.165) is 59.6 Å². The van der Waals surface area contributed by atoms with Crippen LogP contribution in [0.2, 0.25) is 0 Å². The lowest BCUT2D eigenvalue weighted by Gasteiger charge is -2.21. The lowest BCUT2D eigenvalue weighted by molar-refractivity contribution is -0.138. The summed E-state index contributed by atoms with van der Waals surface area (Å²) in [6.07, 6.45) is -1.52. The Labute approximate surface area is 196 Å². The van der Waals surface area contributed by atoms with E-state index < -0.39 is 34.9 Å². The summed E-state index contributed by atoms with van der Waals surface area (Å²) in [7, 11) is 0. The molecule has 2 fully saturated rings. The van der Waals surface area contributed by atoms with Crippen LogP contribution in [0.3, 0.4) is 0 Å². The van der Waals surface area contributed by atoms with Crippen LogP contribution in [0.15, 0.2) is 18.2 Å². The number of nitrogens with one attached hydrogen (secondary N) is 2. The second kappa shape index (κ2) is 8.94. The Morgan fingerprint density at radius 2 is 1.94 bits per heavy atom. The maximum absolute atomic E-state index is 14.4. The number of thiophene rings is 1. The molecule has 2 amide bonds. The fourth-order valence-electron chi connectivity index (χ4n) is 4.81. The van der Waals surface area contributed by atoms with E-state index in [1.807, 2.05) is 0 Å². The molecule has 34 heavy (non-hydrogen) atoms. The van der Waals surface area contributed by atoms with Gasteiger partial charge in [-0.15, -0.1) is 11.3 Å². The number of anilines is 1. The molecule has 6 nitrogen and oxygen atoms in total. The summed E-state index contributed by atoms with van der Waals surface area (Å²) in [4.78, 5) is 26.9. The summed E-state index contributed by atoms with van der Waals surface area (Å²) < 4.78 is 66.1. The summed E-state index contributed by atoms with van der Waals surface area (Å²) in [5.74, 6) is -3.00. The third-order valence-corrected chi connectivity index (χ3v) is 7.62. The molecule has 1 aromatic heterocycles.